The van der Waals surface area contributed by atoms with Gasteiger partial charge in [0.1, 0.15) is 41.0 Å². The van der Waals surface area contributed by atoms with Crippen molar-refractivity contribution in [3.8, 4) is 23.0 Å². The second kappa shape index (κ2) is 22.0. The molecule has 3 aromatic carbocycles. The molecule has 5 saturated heterocycles. The average Bonchev–Trinajstić information content (AvgIpc) is 4.22. The molecule has 4 atom stereocenters. The van der Waals surface area contributed by atoms with Gasteiger partial charge in [0.25, 0.3) is 5.91 Å². The Morgan fingerprint density at radius 1 is 0.870 bits per heavy atom. The number of rotatable bonds is 16. The van der Waals surface area contributed by atoms with Gasteiger partial charge >= 0.3 is 12.1 Å². The largest absolute Gasteiger partial charge is 0.468 e. The summed E-state index contributed by atoms with van der Waals surface area (Å²) in [5.74, 6) is -0.349. The molecule has 0 radical (unpaired) electrons. The Morgan fingerprint density at radius 3 is 2.42 bits per heavy atom. The van der Waals surface area contributed by atoms with E-state index in [1.807, 2.05) is 62.1 Å². The number of methoxy groups -OCH3 is 1. The van der Waals surface area contributed by atoms with Crippen LogP contribution in [0.15, 0.2) is 54.7 Å². The molecule has 11 rings (SSSR count). The van der Waals surface area contributed by atoms with E-state index in [1.165, 1.54) is 0 Å². The lowest BCUT2D eigenvalue weighted by molar-refractivity contribution is -0.136. The van der Waals surface area contributed by atoms with Crippen LogP contribution < -0.4 is 24.6 Å². The molecule has 5 fully saturated rings. The number of hydrogen-bond acceptors (Lipinski definition) is 15. The van der Waals surface area contributed by atoms with Gasteiger partial charge in [-0.1, -0.05) is 25.1 Å². The van der Waals surface area contributed by atoms with Gasteiger partial charge in [0.2, 0.25) is 11.8 Å². The van der Waals surface area contributed by atoms with Gasteiger partial charge in [-0.15, -0.1) is 0 Å². The maximum absolute atomic E-state index is 17.7. The first-order chi connectivity index (χ1) is 37.2. The number of ether oxygens (including phenoxy) is 4. The number of imide groups is 1. The SMILES string of the molecule is CCc1cccc2cc(OCOC)cc(-c3ncc4c(N5CC6CCC(C5)N6C(=O)OC(C)(C)C)nc(OC[C@@H]5CCCN5CCCCN5CCN(c6ccc7c(c6)CN([C@H]6CCC(=O)NC6=O)C7=O)CC5)nc4c3F)c12. The Balaban J connectivity index is 0.758. The lowest BCUT2D eigenvalue weighted by Gasteiger charge is -2.42. The summed E-state index contributed by atoms with van der Waals surface area (Å²) in [5, 5.41) is 4.65. The molecule has 8 heterocycles. The Morgan fingerprint density at radius 2 is 1.66 bits per heavy atom. The molecule has 18 nitrogen and oxygen atoms in total. The molecular weight excluding hydrogens is 984 g/mol. The number of anilines is 2. The second-order valence-electron chi connectivity index (χ2n) is 22.5. The number of hydrogen-bond donors (Lipinski definition) is 1. The Kier molecular flexibility index (Phi) is 14.9. The number of nitrogens with one attached hydrogen (secondary N) is 1. The number of unbranched alkanes of at least 4 members (excludes halogenated alkanes) is 1. The minimum atomic E-state index is -0.624. The van der Waals surface area contributed by atoms with E-state index in [0.29, 0.717) is 60.7 Å². The summed E-state index contributed by atoms with van der Waals surface area (Å²) in [7, 11) is 1.56. The number of halogens is 1. The summed E-state index contributed by atoms with van der Waals surface area (Å²) in [6.45, 7) is 16.0. The van der Waals surface area contributed by atoms with Crippen molar-refractivity contribution in [1.82, 2.24) is 39.9 Å². The van der Waals surface area contributed by atoms with Crippen LogP contribution in [0.2, 0.25) is 0 Å². The van der Waals surface area contributed by atoms with Gasteiger partial charge in [-0.2, -0.15) is 9.97 Å². The smallest absolute Gasteiger partial charge is 0.410 e. The highest BCUT2D eigenvalue weighted by Crippen LogP contribution is 2.41. The molecule has 6 aliphatic rings. The molecule has 0 aliphatic carbocycles. The standard InChI is InChI=1S/C58H71FN10O8/c1-6-36-11-9-12-37-28-43(76-35-74-5)29-45(49(36)37)51-50(59)52-46(30-60-51)53(67-32-40-14-15-41(33-67)69(40)57(73)77-58(2,3)4)63-56(62-52)75-34-42-13-10-22-65(42)21-8-7-20-64-23-25-66(26-24-64)39-16-17-44-38(27-39)31-68(55(44)72)47-18-19-48(70)61-54(47)71/h9,11-12,16-17,27-30,40-42,47H,6-8,10,13-15,18-26,31-35H2,1-5H3,(H,61,70,71)/t40?,41?,42-,47-/m0/s1. The van der Waals surface area contributed by atoms with E-state index in [-0.39, 0.29) is 66.5 Å². The third-order valence-corrected chi connectivity index (χ3v) is 16.4. The van der Waals surface area contributed by atoms with E-state index < -0.39 is 23.4 Å². The molecule has 77 heavy (non-hydrogen) atoms. The second-order valence-corrected chi connectivity index (χ2v) is 22.5. The number of amides is 4. The van der Waals surface area contributed by atoms with Crippen LogP contribution >= 0.6 is 0 Å². The van der Waals surface area contributed by atoms with Crippen molar-refractivity contribution in [2.24, 2.45) is 0 Å². The summed E-state index contributed by atoms with van der Waals surface area (Å²) in [6, 6.07) is 15.2. The van der Waals surface area contributed by atoms with Crippen molar-refractivity contribution in [3.05, 3.63) is 77.2 Å². The van der Waals surface area contributed by atoms with E-state index in [4.69, 9.17) is 33.9 Å². The van der Waals surface area contributed by atoms with Crippen molar-refractivity contribution in [3.63, 3.8) is 0 Å². The monoisotopic (exact) mass is 1050 g/mol. The normalized spacial score (nSPS) is 22.1. The summed E-state index contributed by atoms with van der Waals surface area (Å²) in [4.78, 5) is 78.8. The zero-order chi connectivity index (χ0) is 53.5. The maximum Gasteiger partial charge on any atom is 0.410 e. The Hall–Kier alpha value is -6.70. The minimum Gasteiger partial charge on any atom is -0.468 e. The molecule has 2 aromatic heterocycles. The zero-order valence-electron chi connectivity index (χ0n) is 45.0. The molecule has 2 bridgehead atoms. The van der Waals surface area contributed by atoms with Crippen LogP contribution in [0, 0.1) is 5.82 Å². The molecule has 0 saturated carbocycles. The topological polar surface area (TPSA) is 175 Å². The predicted molar refractivity (Wildman–Crippen MR) is 290 cm³/mol. The van der Waals surface area contributed by atoms with Crippen LogP contribution in [0.5, 0.6) is 11.8 Å². The lowest BCUT2D eigenvalue weighted by atomic mass is 9.95. The first-order valence-electron chi connectivity index (χ1n) is 27.7. The van der Waals surface area contributed by atoms with E-state index in [1.54, 1.807) is 18.2 Å². The molecule has 1 N–H and O–H groups in total. The average molecular weight is 1060 g/mol. The van der Waals surface area contributed by atoms with Crippen molar-refractivity contribution in [1.29, 1.82) is 0 Å². The van der Waals surface area contributed by atoms with Crippen molar-refractivity contribution >= 4 is 57.0 Å². The van der Waals surface area contributed by atoms with Crippen LogP contribution in [-0.2, 0) is 32.0 Å². The summed E-state index contributed by atoms with van der Waals surface area (Å²) in [6.07, 6.45) is 8.46. The third-order valence-electron chi connectivity index (χ3n) is 16.4. The number of piperazine rings is 2. The van der Waals surface area contributed by atoms with Gasteiger partial charge in [0, 0.05) is 88.4 Å². The first kappa shape index (κ1) is 52.4. The summed E-state index contributed by atoms with van der Waals surface area (Å²) < 4.78 is 41.2. The number of carbonyl (C=O) groups excluding carboxylic acids is 4. The lowest BCUT2D eigenvalue weighted by Crippen LogP contribution is -2.57. The van der Waals surface area contributed by atoms with Crippen LogP contribution in [0.4, 0.5) is 20.7 Å². The predicted octanol–water partition coefficient (Wildman–Crippen LogP) is 7.32. The number of piperidine rings is 1. The van der Waals surface area contributed by atoms with E-state index in [0.717, 1.165) is 118 Å². The molecule has 4 amide bonds. The number of aryl methyl sites for hydroxylation is 1. The minimum absolute atomic E-state index is 0.0340. The molecule has 6 aliphatic heterocycles. The fourth-order valence-electron chi connectivity index (χ4n) is 12.6. The molecule has 0 spiro atoms. The maximum atomic E-state index is 17.7. The number of benzene rings is 3. The first-order valence-corrected chi connectivity index (χ1v) is 27.7. The third kappa shape index (κ3) is 10.8. The highest BCUT2D eigenvalue weighted by molar-refractivity contribution is 6.06. The number of nitrogens with zero attached hydrogens (tertiary/aromatic N) is 9. The molecule has 5 aromatic rings. The number of carbonyl (C=O) groups is 4. The van der Waals surface area contributed by atoms with Crippen LogP contribution in [-0.4, -0.2) is 168 Å². The number of likely N-dealkylation sites (tertiary alicyclic amines) is 1. The quantitative estimate of drug-likeness (QED) is 0.0591. The molecule has 408 valence electrons. The van der Waals surface area contributed by atoms with Gasteiger partial charge in [-0.3, -0.25) is 39.4 Å². The van der Waals surface area contributed by atoms with E-state index in [2.05, 4.69) is 44.0 Å². The van der Waals surface area contributed by atoms with Crippen molar-refractivity contribution in [2.45, 2.75) is 122 Å². The van der Waals surface area contributed by atoms with E-state index in [9.17, 15) is 19.2 Å². The van der Waals surface area contributed by atoms with Gasteiger partial charge in [-0.05, 0) is 144 Å². The van der Waals surface area contributed by atoms with Gasteiger partial charge in [-0.25, -0.2) is 9.18 Å². The number of fused-ring (bicyclic) bond motifs is 5. The molecular formula is C58H71FN10O8. The highest BCUT2D eigenvalue weighted by atomic mass is 19.1. The summed E-state index contributed by atoms with van der Waals surface area (Å²) in [5.41, 5.74) is 3.93. The van der Waals surface area contributed by atoms with Gasteiger partial charge in [0.05, 0.1) is 17.5 Å². The van der Waals surface area contributed by atoms with Crippen LogP contribution in [0.25, 0.3) is 32.9 Å². The fraction of sp³-hybridized carbons (Fsp3) is 0.534. The fourth-order valence-corrected chi connectivity index (χ4v) is 12.6. The van der Waals surface area contributed by atoms with Gasteiger partial charge in [0.15, 0.2) is 12.6 Å². The Bertz CT molecular complexity index is 3060. The van der Waals surface area contributed by atoms with Crippen molar-refractivity contribution < 1.29 is 42.5 Å². The molecule has 19 heteroatoms. The number of pyridine rings is 1. The van der Waals surface area contributed by atoms with Crippen molar-refractivity contribution in [2.75, 3.05) is 89.2 Å². The van der Waals surface area contributed by atoms with Gasteiger partial charge < -0.3 is 33.6 Å². The molecule has 2 unspecified atom stereocenters. The highest BCUT2D eigenvalue weighted by Gasteiger charge is 2.45. The van der Waals surface area contributed by atoms with E-state index >= 15 is 4.39 Å². The van der Waals surface area contributed by atoms with Crippen LogP contribution in [0.3, 0.4) is 0 Å². The number of aromatic nitrogens is 3. The Labute approximate surface area is 449 Å². The van der Waals surface area contributed by atoms with Crippen LogP contribution in [0.1, 0.15) is 101 Å². The zero-order valence-corrected chi connectivity index (χ0v) is 45.0. The summed E-state index contributed by atoms with van der Waals surface area (Å²) >= 11 is 0.